The maximum Gasteiger partial charge on any atom is 0.225 e. The van der Waals surface area contributed by atoms with Gasteiger partial charge >= 0.3 is 0 Å². The third-order valence-electron chi connectivity index (χ3n) is 1.55. The van der Waals surface area contributed by atoms with Crippen LogP contribution in [0.1, 0.15) is 0 Å². The summed E-state index contributed by atoms with van der Waals surface area (Å²) < 4.78 is 16.3. The summed E-state index contributed by atoms with van der Waals surface area (Å²) in [5.41, 5.74) is 0. The Hall–Kier alpha value is -0.270. The van der Waals surface area contributed by atoms with Gasteiger partial charge in [-0.2, -0.15) is 0 Å². The molecular weight excluding hydrogens is 159 g/mol. The first kappa shape index (κ1) is 8.82. The quantitative estimate of drug-likeness (QED) is 0.354. The number of aliphatic hydroxyl groups excluding tert-OH is 4. The zero-order chi connectivity index (χ0) is 8.59. The van der Waals surface area contributed by atoms with E-state index in [4.69, 9.17) is 20.4 Å². The highest BCUT2D eigenvalue weighted by molar-refractivity contribution is 4.86. The molecule has 0 radical (unpaired) electrons. The topological polar surface area (TPSA) is 90.2 Å². The molecule has 0 aromatic heterocycles. The predicted molar refractivity (Wildman–Crippen MR) is 30.0 cm³/mol. The minimum absolute atomic E-state index is 1.56. The van der Waals surface area contributed by atoms with Crippen molar-refractivity contribution in [3.05, 3.63) is 0 Å². The average Bonchev–Trinajstić information content (AvgIpc) is 2.17. The van der Waals surface area contributed by atoms with Crippen LogP contribution in [0.4, 0.5) is 4.39 Å². The molecule has 1 aliphatic rings. The summed E-state index contributed by atoms with van der Waals surface area (Å²) in [5.74, 6) is 0. The number of alkyl halides is 1. The Bertz CT molecular complexity index is 141. The highest BCUT2D eigenvalue weighted by atomic mass is 19.1. The van der Waals surface area contributed by atoms with Crippen LogP contribution in [-0.4, -0.2) is 51.4 Å². The molecule has 1 heterocycles. The van der Waals surface area contributed by atoms with Crippen molar-refractivity contribution in [2.75, 3.05) is 0 Å². The van der Waals surface area contributed by atoms with Crippen molar-refractivity contribution in [2.45, 2.75) is 31.0 Å². The van der Waals surface area contributed by atoms with Crippen LogP contribution in [-0.2, 0) is 4.74 Å². The van der Waals surface area contributed by atoms with E-state index >= 15 is 0 Å². The van der Waals surface area contributed by atoms with Crippen LogP contribution in [0.3, 0.4) is 0 Å². The first-order valence-corrected chi connectivity index (χ1v) is 3.06. The zero-order valence-corrected chi connectivity index (χ0v) is 5.46. The van der Waals surface area contributed by atoms with Crippen LogP contribution in [0.15, 0.2) is 0 Å². The Balaban J connectivity index is 2.59. The second-order valence-electron chi connectivity index (χ2n) is 2.35. The summed E-state index contributed by atoms with van der Waals surface area (Å²) >= 11 is 0. The van der Waals surface area contributed by atoms with Crippen molar-refractivity contribution in [1.29, 1.82) is 0 Å². The van der Waals surface area contributed by atoms with Gasteiger partial charge in [-0.15, -0.1) is 0 Å². The van der Waals surface area contributed by atoms with Gasteiger partial charge in [0, 0.05) is 0 Å². The number of hydrogen-bond donors (Lipinski definition) is 4. The minimum atomic E-state index is -2.41. The fraction of sp³-hybridized carbons (Fsp3) is 1.00. The fourth-order valence-electron chi connectivity index (χ4n) is 0.913. The Morgan fingerprint density at radius 3 is 1.91 bits per heavy atom. The molecular formula is C5H9FO5. The van der Waals surface area contributed by atoms with E-state index in [0.29, 0.717) is 0 Å². The summed E-state index contributed by atoms with van der Waals surface area (Å²) in [4.78, 5) is 0. The molecule has 1 rings (SSSR count). The van der Waals surface area contributed by atoms with Crippen LogP contribution in [0.2, 0.25) is 0 Å². The van der Waals surface area contributed by atoms with Crippen LogP contribution in [0.5, 0.6) is 0 Å². The van der Waals surface area contributed by atoms with Gasteiger partial charge in [0.25, 0.3) is 0 Å². The first-order chi connectivity index (χ1) is 5.04. The molecule has 0 aromatic carbocycles. The lowest BCUT2D eigenvalue weighted by molar-refractivity contribution is -0.168. The van der Waals surface area contributed by atoms with Gasteiger partial charge in [-0.25, -0.2) is 4.39 Å². The Kier molecular flexibility index (Phi) is 2.40. The molecule has 2 unspecified atom stereocenters. The van der Waals surface area contributed by atoms with Crippen LogP contribution in [0, 0.1) is 0 Å². The number of ether oxygens (including phenoxy) is 1. The van der Waals surface area contributed by atoms with Crippen molar-refractivity contribution in [3.8, 4) is 0 Å². The molecule has 0 saturated carbocycles. The molecule has 0 spiro atoms. The van der Waals surface area contributed by atoms with Crippen molar-refractivity contribution in [3.63, 3.8) is 0 Å². The summed E-state index contributed by atoms with van der Waals surface area (Å²) in [5, 5.41) is 34.6. The molecule has 1 saturated heterocycles. The molecule has 0 aromatic rings. The Morgan fingerprint density at radius 2 is 1.73 bits per heavy atom. The average molecular weight is 168 g/mol. The summed E-state index contributed by atoms with van der Waals surface area (Å²) in [6.07, 6.45) is -8.77. The molecule has 0 amide bonds. The molecule has 5 nitrogen and oxygen atoms in total. The highest BCUT2D eigenvalue weighted by Gasteiger charge is 2.45. The number of rotatable bonds is 1. The van der Waals surface area contributed by atoms with Crippen LogP contribution >= 0.6 is 0 Å². The smallest absolute Gasteiger partial charge is 0.225 e. The van der Waals surface area contributed by atoms with E-state index in [-0.39, 0.29) is 0 Å². The summed E-state index contributed by atoms with van der Waals surface area (Å²) in [6.45, 7) is 0. The number of halogens is 1. The Labute approximate surface area is 61.6 Å². The Morgan fingerprint density at radius 1 is 1.18 bits per heavy atom. The molecule has 0 bridgehead atoms. The van der Waals surface area contributed by atoms with Gasteiger partial charge < -0.3 is 25.2 Å². The van der Waals surface area contributed by atoms with Crippen LogP contribution in [0.25, 0.3) is 0 Å². The molecule has 5 atom stereocenters. The van der Waals surface area contributed by atoms with Crippen LogP contribution < -0.4 is 0 Å². The van der Waals surface area contributed by atoms with E-state index in [1.54, 1.807) is 0 Å². The summed E-state index contributed by atoms with van der Waals surface area (Å²) in [6, 6.07) is 0. The van der Waals surface area contributed by atoms with Gasteiger partial charge in [0.15, 0.2) is 6.29 Å². The van der Waals surface area contributed by atoms with Gasteiger partial charge in [-0.05, 0) is 0 Å². The lowest BCUT2D eigenvalue weighted by atomic mass is 10.1. The van der Waals surface area contributed by atoms with Crippen molar-refractivity contribution in [1.82, 2.24) is 0 Å². The minimum Gasteiger partial charge on any atom is -0.387 e. The van der Waals surface area contributed by atoms with E-state index in [0.717, 1.165) is 0 Å². The number of aliphatic hydroxyl groups is 4. The van der Waals surface area contributed by atoms with E-state index in [1.807, 2.05) is 0 Å². The van der Waals surface area contributed by atoms with Gasteiger partial charge in [0.2, 0.25) is 6.36 Å². The molecule has 0 aliphatic carbocycles. The zero-order valence-electron chi connectivity index (χ0n) is 5.46. The molecule has 4 N–H and O–H groups in total. The first-order valence-electron chi connectivity index (χ1n) is 3.06. The highest BCUT2D eigenvalue weighted by Crippen LogP contribution is 2.22. The van der Waals surface area contributed by atoms with Gasteiger partial charge in [-0.3, -0.25) is 0 Å². The largest absolute Gasteiger partial charge is 0.387 e. The fourth-order valence-corrected chi connectivity index (χ4v) is 0.913. The second-order valence-corrected chi connectivity index (χ2v) is 2.35. The third kappa shape index (κ3) is 1.49. The normalized spacial score (nSPS) is 47.7. The maximum absolute atomic E-state index is 12.1. The van der Waals surface area contributed by atoms with E-state index in [9.17, 15) is 4.39 Å². The molecule has 1 fully saturated rings. The molecule has 1 aliphatic heterocycles. The maximum atomic E-state index is 12.1. The van der Waals surface area contributed by atoms with Gasteiger partial charge in [0.05, 0.1) is 0 Å². The third-order valence-corrected chi connectivity index (χ3v) is 1.55. The standard InChI is InChI=1S/C5H9FO5/c6-4(9)3-1(7)2(8)5(10)11-3/h1-5,7-10H/t1-,2+,3-,4?,5?/m0/s1. The van der Waals surface area contributed by atoms with Crippen molar-refractivity contribution in [2.24, 2.45) is 0 Å². The predicted octanol–water partition coefficient (Wildman–Crippen LogP) is -2.29. The van der Waals surface area contributed by atoms with E-state index in [2.05, 4.69) is 4.74 Å². The van der Waals surface area contributed by atoms with Crippen molar-refractivity contribution >= 4 is 0 Å². The van der Waals surface area contributed by atoms with Gasteiger partial charge in [0.1, 0.15) is 18.3 Å². The summed E-state index contributed by atoms with van der Waals surface area (Å²) in [7, 11) is 0. The monoisotopic (exact) mass is 168 g/mol. The number of hydrogen-bond acceptors (Lipinski definition) is 5. The van der Waals surface area contributed by atoms with Crippen molar-refractivity contribution < 1.29 is 29.6 Å². The lowest BCUT2D eigenvalue weighted by Crippen LogP contribution is -2.36. The van der Waals surface area contributed by atoms with Gasteiger partial charge in [-0.1, -0.05) is 0 Å². The molecule has 6 heteroatoms. The van der Waals surface area contributed by atoms with E-state index in [1.165, 1.54) is 0 Å². The SMILES string of the molecule is OC(F)[C@H]1OC(O)[C@H](O)[C@@H]1O. The lowest BCUT2D eigenvalue weighted by Gasteiger charge is -2.13. The molecule has 11 heavy (non-hydrogen) atoms. The molecule has 66 valence electrons. The van der Waals surface area contributed by atoms with E-state index < -0.39 is 31.0 Å². The second kappa shape index (κ2) is 3.00.